The summed E-state index contributed by atoms with van der Waals surface area (Å²) in [5.74, 6) is -1.65. The summed E-state index contributed by atoms with van der Waals surface area (Å²) in [7, 11) is -0.838. The Bertz CT molecular complexity index is 396. The van der Waals surface area contributed by atoms with Gasteiger partial charge in [0.05, 0.1) is 17.7 Å². The van der Waals surface area contributed by atoms with Crippen LogP contribution in [0.3, 0.4) is 0 Å². The van der Waals surface area contributed by atoms with Crippen molar-refractivity contribution >= 4 is 30.2 Å². The zero-order valence-corrected chi connectivity index (χ0v) is 8.45. The van der Waals surface area contributed by atoms with Crippen molar-refractivity contribution in [2.24, 2.45) is 0 Å². The fraction of sp³-hybridized carbons (Fsp3) is 0.125. The van der Waals surface area contributed by atoms with Crippen molar-refractivity contribution in [1.29, 1.82) is 0 Å². The first-order valence-electron chi connectivity index (χ1n) is 3.90. The van der Waals surface area contributed by atoms with E-state index in [4.69, 9.17) is 21.6 Å². The Labute approximate surface area is 90.4 Å². The van der Waals surface area contributed by atoms with Crippen LogP contribution in [0, 0.1) is 5.82 Å². The summed E-state index contributed by atoms with van der Waals surface area (Å²) in [5, 5.41) is 17.5. The minimum absolute atomic E-state index is 0.238. The summed E-state index contributed by atoms with van der Waals surface area (Å²) in [5.41, 5.74) is -0.528. The SMILES string of the molecule is COC(=O)c1cc(F)cc(B(O)O)c1Cl. The Morgan fingerprint density at radius 1 is 1.53 bits per heavy atom. The molecule has 7 heteroatoms. The van der Waals surface area contributed by atoms with Gasteiger partial charge in [-0.05, 0) is 12.1 Å². The quantitative estimate of drug-likeness (QED) is 0.554. The molecular formula is C8H7BClFO4. The van der Waals surface area contributed by atoms with Crippen molar-refractivity contribution in [1.82, 2.24) is 0 Å². The van der Waals surface area contributed by atoms with E-state index < -0.39 is 18.9 Å². The van der Waals surface area contributed by atoms with Gasteiger partial charge in [0.15, 0.2) is 0 Å². The summed E-state index contributed by atoms with van der Waals surface area (Å²) in [6.07, 6.45) is 0. The van der Waals surface area contributed by atoms with Gasteiger partial charge in [-0.25, -0.2) is 9.18 Å². The Kier molecular flexibility index (Phi) is 3.68. The van der Waals surface area contributed by atoms with Gasteiger partial charge in [-0.15, -0.1) is 0 Å². The second kappa shape index (κ2) is 4.61. The molecule has 0 aliphatic heterocycles. The fourth-order valence-electron chi connectivity index (χ4n) is 1.06. The Balaban J connectivity index is 3.34. The molecule has 15 heavy (non-hydrogen) atoms. The highest BCUT2D eigenvalue weighted by molar-refractivity contribution is 6.63. The van der Waals surface area contributed by atoms with Gasteiger partial charge < -0.3 is 14.8 Å². The van der Waals surface area contributed by atoms with E-state index in [1.807, 2.05) is 0 Å². The third-order valence-corrected chi connectivity index (χ3v) is 2.17. The van der Waals surface area contributed by atoms with Crippen LogP contribution < -0.4 is 5.46 Å². The Morgan fingerprint density at radius 2 is 2.13 bits per heavy atom. The Morgan fingerprint density at radius 3 is 2.60 bits per heavy atom. The van der Waals surface area contributed by atoms with E-state index in [0.717, 1.165) is 19.2 Å². The maximum atomic E-state index is 13.0. The highest BCUT2D eigenvalue weighted by Crippen LogP contribution is 2.16. The zero-order chi connectivity index (χ0) is 11.6. The van der Waals surface area contributed by atoms with Gasteiger partial charge in [0.2, 0.25) is 0 Å². The molecule has 0 atom stereocenters. The number of carbonyl (C=O) groups is 1. The molecule has 4 nitrogen and oxygen atoms in total. The van der Waals surface area contributed by atoms with Crippen LogP contribution in [0.1, 0.15) is 10.4 Å². The summed E-state index contributed by atoms with van der Waals surface area (Å²) in [4.78, 5) is 11.1. The molecule has 1 rings (SSSR count). The van der Waals surface area contributed by atoms with Crippen LogP contribution in [0.2, 0.25) is 5.02 Å². The lowest BCUT2D eigenvalue weighted by Crippen LogP contribution is -2.32. The second-order valence-electron chi connectivity index (χ2n) is 2.72. The molecule has 0 bridgehead atoms. The number of hydrogen-bond donors (Lipinski definition) is 2. The van der Waals surface area contributed by atoms with Crippen LogP contribution in [-0.2, 0) is 4.74 Å². The number of hydrogen-bond acceptors (Lipinski definition) is 4. The first-order valence-corrected chi connectivity index (χ1v) is 4.28. The van der Waals surface area contributed by atoms with E-state index >= 15 is 0 Å². The number of carbonyl (C=O) groups excluding carboxylic acids is 1. The lowest BCUT2D eigenvalue weighted by Gasteiger charge is -2.07. The molecule has 0 saturated heterocycles. The number of halogens is 2. The van der Waals surface area contributed by atoms with Crippen LogP contribution in [0.4, 0.5) is 4.39 Å². The number of esters is 1. The van der Waals surface area contributed by atoms with Crippen LogP contribution in [0.15, 0.2) is 12.1 Å². The lowest BCUT2D eigenvalue weighted by atomic mass is 9.79. The van der Waals surface area contributed by atoms with E-state index in [1.165, 1.54) is 0 Å². The summed E-state index contributed by atoms with van der Waals surface area (Å²) in [6.45, 7) is 0. The molecule has 0 amide bonds. The summed E-state index contributed by atoms with van der Waals surface area (Å²) < 4.78 is 17.3. The van der Waals surface area contributed by atoms with Crippen molar-refractivity contribution in [3.63, 3.8) is 0 Å². The summed E-state index contributed by atoms with van der Waals surface area (Å²) >= 11 is 5.66. The van der Waals surface area contributed by atoms with E-state index in [-0.39, 0.29) is 16.0 Å². The van der Waals surface area contributed by atoms with Gasteiger partial charge in [0.25, 0.3) is 0 Å². The van der Waals surface area contributed by atoms with Crippen molar-refractivity contribution in [3.8, 4) is 0 Å². The third-order valence-electron chi connectivity index (χ3n) is 1.75. The maximum absolute atomic E-state index is 13.0. The standard InChI is InChI=1S/C8H7BClFO4/c1-15-8(12)5-2-4(11)3-6(7(5)10)9(13)14/h2-3,13-14H,1H3. The number of rotatable bonds is 2. The molecule has 0 saturated carbocycles. The normalized spacial score (nSPS) is 9.93. The Hall–Kier alpha value is -1.11. The van der Waals surface area contributed by atoms with Gasteiger partial charge in [-0.2, -0.15) is 0 Å². The predicted molar refractivity (Wildman–Crippen MR) is 52.6 cm³/mol. The first kappa shape index (κ1) is 12.0. The fourth-order valence-corrected chi connectivity index (χ4v) is 1.34. The average Bonchev–Trinajstić information content (AvgIpc) is 2.19. The van der Waals surface area contributed by atoms with Gasteiger partial charge in [-0.3, -0.25) is 0 Å². The van der Waals surface area contributed by atoms with Crippen LogP contribution in [0.25, 0.3) is 0 Å². The minimum Gasteiger partial charge on any atom is -0.465 e. The molecule has 1 aromatic carbocycles. The van der Waals surface area contributed by atoms with E-state index in [0.29, 0.717) is 0 Å². The molecule has 2 N–H and O–H groups in total. The predicted octanol–water partition coefficient (Wildman–Crippen LogP) is -0.0545. The lowest BCUT2D eigenvalue weighted by molar-refractivity contribution is 0.0600. The molecule has 0 aromatic heterocycles. The molecule has 0 aliphatic rings. The number of benzene rings is 1. The van der Waals surface area contributed by atoms with Crippen LogP contribution in [-0.4, -0.2) is 30.2 Å². The highest BCUT2D eigenvalue weighted by atomic mass is 35.5. The molecule has 0 aliphatic carbocycles. The van der Waals surface area contributed by atoms with Gasteiger partial charge in [-0.1, -0.05) is 11.6 Å². The van der Waals surface area contributed by atoms with Crippen molar-refractivity contribution in [2.75, 3.05) is 7.11 Å². The van der Waals surface area contributed by atoms with Crippen LogP contribution >= 0.6 is 11.6 Å². The van der Waals surface area contributed by atoms with Gasteiger partial charge in [0, 0.05) is 5.46 Å². The largest absolute Gasteiger partial charge is 0.490 e. The summed E-state index contributed by atoms with van der Waals surface area (Å²) in [6, 6.07) is 1.69. The molecule has 0 radical (unpaired) electrons. The van der Waals surface area contributed by atoms with Crippen LogP contribution in [0.5, 0.6) is 0 Å². The molecule has 0 spiro atoms. The molecule has 0 unspecified atom stereocenters. The number of ether oxygens (including phenoxy) is 1. The smallest absolute Gasteiger partial charge is 0.465 e. The van der Waals surface area contributed by atoms with Crippen molar-refractivity contribution in [3.05, 3.63) is 28.5 Å². The first-order chi connectivity index (χ1) is 6.97. The maximum Gasteiger partial charge on any atom is 0.490 e. The monoisotopic (exact) mass is 232 g/mol. The van der Waals surface area contributed by atoms with Gasteiger partial charge in [0.1, 0.15) is 5.82 Å². The third kappa shape index (κ3) is 2.47. The van der Waals surface area contributed by atoms with E-state index in [1.54, 1.807) is 0 Å². The van der Waals surface area contributed by atoms with E-state index in [9.17, 15) is 9.18 Å². The van der Waals surface area contributed by atoms with Gasteiger partial charge >= 0.3 is 13.1 Å². The van der Waals surface area contributed by atoms with Crippen molar-refractivity contribution in [2.45, 2.75) is 0 Å². The average molecular weight is 232 g/mol. The topological polar surface area (TPSA) is 66.8 Å². The molecule has 0 fully saturated rings. The molecular weight excluding hydrogens is 225 g/mol. The molecule has 1 aromatic rings. The minimum atomic E-state index is -1.95. The van der Waals surface area contributed by atoms with Crippen molar-refractivity contribution < 1.29 is 24.0 Å². The molecule has 80 valence electrons. The molecule has 0 heterocycles. The number of methoxy groups -OCH3 is 1. The second-order valence-corrected chi connectivity index (χ2v) is 3.10. The highest BCUT2D eigenvalue weighted by Gasteiger charge is 2.22. The van der Waals surface area contributed by atoms with E-state index in [2.05, 4.69) is 4.74 Å². The zero-order valence-electron chi connectivity index (χ0n) is 7.70.